The normalized spacial score (nSPS) is 13.4. The number of amides is 1. The summed E-state index contributed by atoms with van der Waals surface area (Å²) in [5, 5.41) is 6.30. The van der Waals surface area contributed by atoms with Gasteiger partial charge in [0.1, 0.15) is 0 Å². The molecule has 0 unspecified atom stereocenters. The lowest BCUT2D eigenvalue weighted by molar-refractivity contribution is -0.121. The summed E-state index contributed by atoms with van der Waals surface area (Å²) < 4.78 is 0. The predicted octanol–water partition coefficient (Wildman–Crippen LogP) is 2.05. The Morgan fingerprint density at radius 1 is 1.39 bits per heavy atom. The Morgan fingerprint density at radius 3 is 3.06 bits per heavy atom. The molecule has 2 N–H and O–H groups in total. The number of carbonyl (C=O) groups excluding carboxylic acids is 1. The van der Waals surface area contributed by atoms with E-state index in [9.17, 15) is 4.79 Å². The van der Waals surface area contributed by atoms with Gasteiger partial charge >= 0.3 is 0 Å². The van der Waals surface area contributed by atoms with E-state index < -0.39 is 0 Å². The second-order valence-electron chi connectivity index (χ2n) is 4.58. The third-order valence-electron chi connectivity index (χ3n) is 3.14. The van der Waals surface area contributed by atoms with Crippen molar-refractivity contribution in [1.29, 1.82) is 0 Å². The molecular formula is C14H20N2OS. The summed E-state index contributed by atoms with van der Waals surface area (Å²) in [5.74, 6) is 1.21. The van der Waals surface area contributed by atoms with Gasteiger partial charge in [-0.15, -0.1) is 0 Å². The summed E-state index contributed by atoms with van der Waals surface area (Å²) in [4.78, 5) is 11.6. The van der Waals surface area contributed by atoms with Gasteiger partial charge in [-0.05, 0) is 35.1 Å². The molecule has 1 aliphatic rings. The van der Waals surface area contributed by atoms with E-state index in [1.165, 1.54) is 16.7 Å². The van der Waals surface area contributed by atoms with E-state index in [0.29, 0.717) is 13.0 Å². The fourth-order valence-electron chi connectivity index (χ4n) is 2.12. The molecule has 98 valence electrons. The molecule has 1 heterocycles. The van der Waals surface area contributed by atoms with E-state index in [1.54, 1.807) is 11.8 Å². The van der Waals surface area contributed by atoms with Crippen LogP contribution in [0, 0.1) is 0 Å². The standard InChI is InChI=1S/C14H20N2OS/c1-18-6-2-3-14(17)16-8-11-4-5-12-9-15-10-13(12)7-11/h4-5,7,15H,2-3,6,8-10H2,1H3,(H,16,17). The molecule has 2 rings (SSSR count). The molecule has 0 radical (unpaired) electrons. The first-order valence-corrected chi connectivity index (χ1v) is 7.76. The van der Waals surface area contributed by atoms with Crippen LogP contribution >= 0.6 is 11.8 Å². The maximum absolute atomic E-state index is 11.6. The number of hydrogen-bond acceptors (Lipinski definition) is 3. The van der Waals surface area contributed by atoms with Gasteiger partial charge in [0.2, 0.25) is 5.91 Å². The number of carbonyl (C=O) groups is 1. The highest BCUT2D eigenvalue weighted by Gasteiger charge is 2.10. The van der Waals surface area contributed by atoms with Crippen molar-refractivity contribution in [3.05, 3.63) is 34.9 Å². The summed E-state index contributed by atoms with van der Waals surface area (Å²) in [7, 11) is 0. The van der Waals surface area contributed by atoms with Crippen molar-refractivity contribution in [1.82, 2.24) is 10.6 Å². The average Bonchev–Trinajstić information content (AvgIpc) is 2.84. The van der Waals surface area contributed by atoms with Crippen molar-refractivity contribution in [3.63, 3.8) is 0 Å². The summed E-state index contributed by atoms with van der Waals surface area (Å²) in [6, 6.07) is 6.45. The lowest BCUT2D eigenvalue weighted by atomic mass is 10.1. The Morgan fingerprint density at radius 2 is 2.22 bits per heavy atom. The predicted molar refractivity (Wildman–Crippen MR) is 76.4 cm³/mol. The highest BCUT2D eigenvalue weighted by Crippen LogP contribution is 2.16. The molecule has 0 aliphatic carbocycles. The summed E-state index contributed by atoms with van der Waals surface area (Å²) in [6.07, 6.45) is 3.66. The van der Waals surface area contributed by atoms with Gasteiger partial charge in [-0.25, -0.2) is 0 Å². The Hall–Kier alpha value is -1.00. The van der Waals surface area contributed by atoms with E-state index in [-0.39, 0.29) is 5.91 Å². The molecular weight excluding hydrogens is 244 g/mol. The lowest BCUT2D eigenvalue weighted by Crippen LogP contribution is -2.22. The number of nitrogens with one attached hydrogen (secondary N) is 2. The molecule has 0 saturated carbocycles. The van der Waals surface area contributed by atoms with Crippen LogP contribution in [0.4, 0.5) is 0 Å². The van der Waals surface area contributed by atoms with Crippen LogP contribution in [0.25, 0.3) is 0 Å². The van der Waals surface area contributed by atoms with E-state index in [2.05, 4.69) is 35.1 Å². The molecule has 0 atom stereocenters. The second-order valence-corrected chi connectivity index (χ2v) is 5.57. The lowest BCUT2D eigenvalue weighted by Gasteiger charge is -2.07. The Kier molecular flexibility index (Phi) is 5.08. The van der Waals surface area contributed by atoms with Crippen LogP contribution in [-0.4, -0.2) is 17.9 Å². The Bertz CT molecular complexity index is 420. The van der Waals surface area contributed by atoms with Gasteiger partial charge in [0.15, 0.2) is 0 Å². The molecule has 1 aromatic carbocycles. The summed E-state index contributed by atoms with van der Waals surface area (Å²) >= 11 is 1.78. The van der Waals surface area contributed by atoms with Crippen LogP contribution in [-0.2, 0) is 24.4 Å². The summed E-state index contributed by atoms with van der Waals surface area (Å²) in [6.45, 7) is 2.56. The van der Waals surface area contributed by atoms with Crippen molar-refractivity contribution >= 4 is 17.7 Å². The van der Waals surface area contributed by atoms with Gasteiger partial charge in [-0.1, -0.05) is 18.2 Å². The van der Waals surface area contributed by atoms with Gasteiger partial charge in [-0.3, -0.25) is 4.79 Å². The molecule has 0 spiro atoms. The minimum absolute atomic E-state index is 0.155. The first-order valence-electron chi connectivity index (χ1n) is 6.36. The number of fused-ring (bicyclic) bond motifs is 1. The Labute approximate surface area is 113 Å². The van der Waals surface area contributed by atoms with Gasteiger partial charge in [-0.2, -0.15) is 11.8 Å². The van der Waals surface area contributed by atoms with E-state index in [0.717, 1.165) is 25.3 Å². The molecule has 0 saturated heterocycles. The van der Waals surface area contributed by atoms with Crippen molar-refractivity contribution in [2.45, 2.75) is 32.5 Å². The van der Waals surface area contributed by atoms with Gasteiger partial charge in [0.05, 0.1) is 0 Å². The number of hydrogen-bond donors (Lipinski definition) is 2. The average molecular weight is 264 g/mol. The third kappa shape index (κ3) is 3.75. The van der Waals surface area contributed by atoms with Gasteiger partial charge in [0.25, 0.3) is 0 Å². The zero-order valence-corrected chi connectivity index (χ0v) is 11.6. The molecule has 1 aromatic rings. The molecule has 4 heteroatoms. The third-order valence-corrected chi connectivity index (χ3v) is 3.84. The molecule has 1 aliphatic heterocycles. The number of rotatable bonds is 6. The monoisotopic (exact) mass is 264 g/mol. The molecule has 0 bridgehead atoms. The van der Waals surface area contributed by atoms with E-state index >= 15 is 0 Å². The first-order chi connectivity index (χ1) is 8.79. The topological polar surface area (TPSA) is 41.1 Å². The maximum Gasteiger partial charge on any atom is 0.220 e. The van der Waals surface area contributed by atoms with Crippen LogP contribution in [0.1, 0.15) is 29.5 Å². The number of thioether (sulfide) groups is 1. The minimum Gasteiger partial charge on any atom is -0.352 e. The van der Waals surface area contributed by atoms with E-state index in [1.807, 2.05) is 0 Å². The largest absolute Gasteiger partial charge is 0.352 e. The quantitative estimate of drug-likeness (QED) is 0.773. The minimum atomic E-state index is 0.155. The van der Waals surface area contributed by atoms with Gasteiger partial charge in [0, 0.05) is 26.1 Å². The van der Waals surface area contributed by atoms with Crippen LogP contribution in [0.2, 0.25) is 0 Å². The van der Waals surface area contributed by atoms with Crippen LogP contribution in [0.3, 0.4) is 0 Å². The van der Waals surface area contributed by atoms with Crippen molar-refractivity contribution in [3.8, 4) is 0 Å². The fraction of sp³-hybridized carbons (Fsp3) is 0.500. The highest BCUT2D eigenvalue weighted by atomic mass is 32.2. The van der Waals surface area contributed by atoms with Crippen LogP contribution < -0.4 is 10.6 Å². The molecule has 0 aromatic heterocycles. The fourth-order valence-corrected chi connectivity index (χ4v) is 2.56. The zero-order valence-electron chi connectivity index (χ0n) is 10.8. The molecule has 0 fully saturated rings. The highest BCUT2D eigenvalue weighted by molar-refractivity contribution is 7.98. The number of benzene rings is 1. The Balaban J connectivity index is 1.78. The maximum atomic E-state index is 11.6. The van der Waals surface area contributed by atoms with E-state index in [4.69, 9.17) is 0 Å². The first kappa shape index (κ1) is 13.4. The van der Waals surface area contributed by atoms with Crippen LogP contribution in [0.5, 0.6) is 0 Å². The van der Waals surface area contributed by atoms with Crippen molar-refractivity contribution < 1.29 is 4.79 Å². The van der Waals surface area contributed by atoms with Crippen molar-refractivity contribution in [2.75, 3.05) is 12.0 Å². The van der Waals surface area contributed by atoms with Crippen LogP contribution in [0.15, 0.2) is 18.2 Å². The second kappa shape index (κ2) is 6.81. The molecule has 1 amide bonds. The molecule has 3 nitrogen and oxygen atoms in total. The molecule has 18 heavy (non-hydrogen) atoms. The SMILES string of the molecule is CSCCCC(=O)NCc1ccc2c(c1)CNC2. The van der Waals surface area contributed by atoms with Gasteiger partial charge < -0.3 is 10.6 Å². The summed E-state index contributed by atoms with van der Waals surface area (Å²) in [5.41, 5.74) is 3.94. The smallest absolute Gasteiger partial charge is 0.220 e. The zero-order chi connectivity index (χ0) is 12.8. The van der Waals surface area contributed by atoms with Crippen molar-refractivity contribution in [2.24, 2.45) is 0 Å².